The Kier molecular flexibility index (Phi) is 2.60. The van der Waals surface area contributed by atoms with Crippen LogP contribution in [-0.2, 0) is 4.79 Å². The summed E-state index contributed by atoms with van der Waals surface area (Å²) in [5.41, 5.74) is 4.02. The highest BCUT2D eigenvalue weighted by atomic mass is 16.2. The van der Waals surface area contributed by atoms with Crippen molar-refractivity contribution in [3.8, 4) is 0 Å². The normalized spacial score (nSPS) is 25.7. The van der Waals surface area contributed by atoms with Gasteiger partial charge in [-0.2, -0.15) is 0 Å². The summed E-state index contributed by atoms with van der Waals surface area (Å²) in [6.45, 7) is 3.82. The molecule has 0 radical (unpaired) electrons. The number of hydrogen-bond donors (Lipinski definition) is 2. The van der Waals surface area contributed by atoms with Gasteiger partial charge in [-0.1, -0.05) is 18.2 Å². The van der Waals surface area contributed by atoms with Crippen LogP contribution in [0.1, 0.15) is 13.8 Å². The van der Waals surface area contributed by atoms with Crippen LogP contribution in [-0.4, -0.2) is 23.1 Å². The summed E-state index contributed by atoms with van der Waals surface area (Å²) in [6, 6.07) is 9.57. The molecule has 1 aromatic rings. The van der Waals surface area contributed by atoms with Crippen molar-refractivity contribution < 1.29 is 4.79 Å². The summed E-state index contributed by atoms with van der Waals surface area (Å²) >= 11 is 0. The first-order chi connectivity index (χ1) is 7.18. The predicted molar refractivity (Wildman–Crippen MR) is 59.0 cm³/mol. The minimum absolute atomic E-state index is 0.0210. The standard InChI is InChI=1S/C11H15N3O/c1-8-11(15)14(9(2)12-8)13-10-6-4-3-5-7-10/h3-9,12-13H,1-2H3/t8-,9?/m0/s1. The molecule has 0 aromatic heterocycles. The number of anilines is 1. The van der Waals surface area contributed by atoms with Crippen molar-refractivity contribution in [3.63, 3.8) is 0 Å². The molecule has 4 nitrogen and oxygen atoms in total. The molecule has 2 N–H and O–H groups in total. The van der Waals surface area contributed by atoms with Gasteiger partial charge in [-0.15, -0.1) is 0 Å². The van der Waals surface area contributed by atoms with Crippen molar-refractivity contribution in [1.82, 2.24) is 10.3 Å². The predicted octanol–water partition coefficient (Wildman–Crippen LogP) is 1.18. The van der Waals surface area contributed by atoms with Gasteiger partial charge < -0.3 is 0 Å². The zero-order valence-corrected chi connectivity index (χ0v) is 8.90. The van der Waals surface area contributed by atoms with Gasteiger partial charge in [-0.05, 0) is 26.0 Å². The number of amides is 1. The molecule has 0 bridgehead atoms. The van der Waals surface area contributed by atoms with Crippen molar-refractivity contribution in [2.75, 3.05) is 5.43 Å². The molecule has 1 aliphatic heterocycles. The first-order valence-corrected chi connectivity index (χ1v) is 5.09. The monoisotopic (exact) mass is 205 g/mol. The fourth-order valence-corrected chi connectivity index (χ4v) is 1.71. The second-order valence-corrected chi connectivity index (χ2v) is 3.75. The molecule has 0 aliphatic carbocycles. The van der Waals surface area contributed by atoms with Gasteiger partial charge in [0.05, 0.1) is 11.7 Å². The van der Waals surface area contributed by atoms with Gasteiger partial charge in [0.1, 0.15) is 6.17 Å². The molecule has 2 rings (SSSR count). The topological polar surface area (TPSA) is 44.4 Å². The van der Waals surface area contributed by atoms with Gasteiger partial charge >= 0.3 is 0 Å². The lowest BCUT2D eigenvalue weighted by molar-refractivity contribution is -0.128. The molecule has 1 aromatic carbocycles. The molecule has 1 saturated heterocycles. The highest BCUT2D eigenvalue weighted by Crippen LogP contribution is 2.13. The highest BCUT2D eigenvalue weighted by molar-refractivity contribution is 5.85. The molecule has 0 spiro atoms. The summed E-state index contributed by atoms with van der Waals surface area (Å²) in [7, 11) is 0. The van der Waals surface area contributed by atoms with Crippen LogP contribution in [0.4, 0.5) is 5.69 Å². The minimum Gasteiger partial charge on any atom is -0.295 e. The molecular formula is C11H15N3O. The third-order valence-corrected chi connectivity index (χ3v) is 2.51. The minimum atomic E-state index is -0.115. The Bertz CT molecular complexity index is 352. The maximum atomic E-state index is 11.7. The van der Waals surface area contributed by atoms with Crippen molar-refractivity contribution in [2.24, 2.45) is 0 Å². The maximum absolute atomic E-state index is 11.7. The molecule has 1 heterocycles. The number of para-hydroxylation sites is 1. The number of benzene rings is 1. The average molecular weight is 205 g/mol. The molecule has 1 amide bonds. The van der Waals surface area contributed by atoms with Gasteiger partial charge in [0.25, 0.3) is 5.91 Å². The van der Waals surface area contributed by atoms with Crippen molar-refractivity contribution >= 4 is 11.6 Å². The average Bonchev–Trinajstić information content (AvgIpc) is 2.47. The van der Waals surface area contributed by atoms with Crippen LogP contribution in [0.25, 0.3) is 0 Å². The number of nitrogens with one attached hydrogen (secondary N) is 2. The molecule has 0 saturated carbocycles. The van der Waals surface area contributed by atoms with Crippen molar-refractivity contribution in [3.05, 3.63) is 30.3 Å². The van der Waals surface area contributed by atoms with Crippen LogP contribution >= 0.6 is 0 Å². The van der Waals surface area contributed by atoms with Gasteiger partial charge in [0, 0.05) is 0 Å². The largest absolute Gasteiger partial charge is 0.295 e. The van der Waals surface area contributed by atoms with Crippen LogP contribution in [0.5, 0.6) is 0 Å². The highest BCUT2D eigenvalue weighted by Gasteiger charge is 2.33. The van der Waals surface area contributed by atoms with Crippen LogP contribution in [0.15, 0.2) is 30.3 Å². The third-order valence-electron chi connectivity index (χ3n) is 2.51. The Balaban J connectivity index is 2.09. The summed E-state index contributed by atoms with van der Waals surface area (Å²) in [6.07, 6.45) is 0.0210. The first kappa shape index (κ1) is 9.98. The second kappa shape index (κ2) is 3.90. The van der Waals surface area contributed by atoms with Crippen LogP contribution in [0.3, 0.4) is 0 Å². The Morgan fingerprint density at radius 1 is 1.27 bits per heavy atom. The quantitative estimate of drug-likeness (QED) is 0.762. The molecule has 2 atom stereocenters. The van der Waals surface area contributed by atoms with E-state index in [0.717, 1.165) is 5.69 Å². The Labute approximate surface area is 89.2 Å². The molecular weight excluding hydrogens is 190 g/mol. The van der Waals surface area contributed by atoms with Gasteiger partial charge in [-0.25, -0.2) is 5.01 Å². The number of hydrogen-bond acceptors (Lipinski definition) is 3. The number of carbonyl (C=O) groups excluding carboxylic acids is 1. The maximum Gasteiger partial charge on any atom is 0.259 e. The summed E-state index contributed by atoms with van der Waals surface area (Å²) in [5.74, 6) is 0.0753. The lowest BCUT2D eigenvalue weighted by Crippen LogP contribution is -2.39. The summed E-state index contributed by atoms with van der Waals surface area (Å²) in [4.78, 5) is 11.7. The van der Waals surface area contributed by atoms with Gasteiger partial charge in [0.15, 0.2) is 0 Å². The van der Waals surface area contributed by atoms with E-state index in [4.69, 9.17) is 0 Å². The van der Waals surface area contributed by atoms with E-state index < -0.39 is 0 Å². The van der Waals surface area contributed by atoms with E-state index >= 15 is 0 Å². The number of carbonyl (C=O) groups is 1. The van der Waals surface area contributed by atoms with E-state index in [1.54, 1.807) is 5.01 Å². The number of nitrogens with zero attached hydrogens (tertiary/aromatic N) is 1. The van der Waals surface area contributed by atoms with E-state index in [1.165, 1.54) is 0 Å². The van der Waals surface area contributed by atoms with Crippen LogP contribution in [0, 0.1) is 0 Å². The van der Waals surface area contributed by atoms with E-state index in [2.05, 4.69) is 10.7 Å². The molecule has 15 heavy (non-hydrogen) atoms. The molecule has 80 valence electrons. The number of rotatable bonds is 2. The SMILES string of the molecule is CC1N[C@@H](C)C(=O)N1Nc1ccccc1. The van der Waals surface area contributed by atoms with E-state index in [-0.39, 0.29) is 18.1 Å². The third kappa shape index (κ3) is 1.94. The molecule has 4 heteroatoms. The number of hydrazine groups is 1. The van der Waals surface area contributed by atoms with E-state index in [9.17, 15) is 4.79 Å². The Morgan fingerprint density at radius 3 is 2.47 bits per heavy atom. The summed E-state index contributed by atoms with van der Waals surface area (Å²) in [5, 5.41) is 4.78. The fraction of sp³-hybridized carbons (Fsp3) is 0.364. The van der Waals surface area contributed by atoms with Crippen molar-refractivity contribution in [2.45, 2.75) is 26.1 Å². The Morgan fingerprint density at radius 2 is 1.93 bits per heavy atom. The lowest BCUT2D eigenvalue weighted by Gasteiger charge is -2.22. The Hall–Kier alpha value is -1.55. The first-order valence-electron chi connectivity index (χ1n) is 5.09. The molecule has 1 aliphatic rings. The molecule has 1 unspecified atom stereocenters. The zero-order chi connectivity index (χ0) is 10.8. The fourth-order valence-electron chi connectivity index (χ4n) is 1.71. The molecule has 1 fully saturated rings. The van der Waals surface area contributed by atoms with Gasteiger partial charge in [0.2, 0.25) is 0 Å². The van der Waals surface area contributed by atoms with E-state index in [1.807, 2.05) is 44.2 Å². The van der Waals surface area contributed by atoms with Crippen molar-refractivity contribution in [1.29, 1.82) is 0 Å². The smallest absolute Gasteiger partial charge is 0.259 e. The van der Waals surface area contributed by atoms with E-state index in [0.29, 0.717) is 0 Å². The van der Waals surface area contributed by atoms with Crippen LogP contribution in [0.2, 0.25) is 0 Å². The van der Waals surface area contributed by atoms with Gasteiger partial charge in [-0.3, -0.25) is 15.5 Å². The summed E-state index contributed by atoms with van der Waals surface area (Å²) < 4.78 is 0. The zero-order valence-electron chi connectivity index (χ0n) is 8.90. The second-order valence-electron chi connectivity index (χ2n) is 3.75. The lowest BCUT2D eigenvalue weighted by atomic mass is 10.3. The van der Waals surface area contributed by atoms with Crippen LogP contribution < -0.4 is 10.7 Å².